The number of aryl methyl sites for hydroxylation is 2. The number of aromatic nitrogens is 3. The number of amides is 1. The molecule has 0 saturated carbocycles. The van der Waals surface area contributed by atoms with E-state index in [1.807, 2.05) is 41.7 Å². The molecule has 32 heavy (non-hydrogen) atoms. The van der Waals surface area contributed by atoms with E-state index in [1.54, 1.807) is 6.08 Å². The highest BCUT2D eigenvalue weighted by Crippen LogP contribution is 2.35. The van der Waals surface area contributed by atoms with Crippen molar-refractivity contribution in [3.05, 3.63) is 82.3 Å². The Bertz CT molecular complexity index is 1270. The zero-order valence-electron chi connectivity index (χ0n) is 19.1. The van der Waals surface area contributed by atoms with Crippen LogP contribution < -0.4 is 5.32 Å². The Morgan fingerprint density at radius 3 is 2.78 bits per heavy atom. The van der Waals surface area contributed by atoms with Crippen molar-refractivity contribution in [3.63, 3.8) is 0 Å². The van der Waals surface area contributed by atoms with Crippen LogP contribution in [0.2, 0.25) is 0 Å². The topological polar surface area (TPSA) is 62.5 Å². The van der Waals surface area contributed by atoms with Crippen molar-refractivity contribution in [2.45, 2.75) is 40.5 Å². The molecule has 6 heteroatoms. The summed E-state index contributed by atoms with van der Waals surface area (Å²) in [4.78, 5) is 19.9. The summed E-state index contributed by atoms with van der Waals surface area (Å²) in [5.41, 5.74) is 9.19. The molecular weight excluding hydrogens is 398 g/mol. The second-order valence-electron chi connectivity index (χ2n) is 8.96. The Morgan fingerprint density at radius 1 is 1.16 bits per heavy atom. The number of nitrogens with one attached hydrogen (secondary N) is 1. The molecular formula is C26H29N5O. The number of carbonyl (C=O) groups is 1. The quantitative estimate of drug-likeness (QED) is 0.779. The number of nitrogens with zero attached hydrogens (tertiary/aromatic N) is 4. The molecule has 0 radical (unpaired) electrons. The first-order valence-electron chi connectivity index (χ1n) is 11.3. The standard InChI is InChI=1S/C26H29N5O/c1-16-5-6-24-17(2)11-21(20-7-9-27-10-8-20)15-30(24)26(32)12-22(16)23-13-25-19(4)28-18(3)14-31(25)29-23/h6-7,11-16,27H,5,8-10H2,1-4H3. The Kier molecular flexibility index (Phi) is 5.18. The summed E-state index contributed by atoms with van der Waals surface area (Å²) in [6, 6.07) is 2.05. The number of carbonyl (C=O) groups excluding carboxylic acids is 1. The molecule has 3 aliphatic rings. The third-order valence-corrected chi connectivity index (χ3v) is 6.51. The lowest BCUT2D eigenvalue weighted by molar-refractivity contribution is -0.122. The van der Waals surface area contributed by atoms with Crippen molar-refractivity contribution in [2.75, 3.05) is 13.1 Å². The van der Waals surface area contributed by atoms with Gasteiger partial charge in [-0.05, 0) is 80.5 Å². The maximum Gasteiger partial charge on any atom is 0.255 e. The van der Waals surface area contributed by atoms with Gasteiger partial charge >= 0.3 is 0 Å². The number of fused-ring (bicyclic) bond motifs is 2. The van der Waals surface area contributed by atoms with Crippen molar-refractivity contribution in [3.8, 4) is 0 Å². The van der Waals surface area contributed by atoms with Gasteiger partial charge < -0.3 is 5.32 Å². The van der Waals surface area contributed by atoms with E-state index in [4.69, 9.17) is 5.10 Å². The molecule has 5 rings (SSSR count). The Balaban J connectivity index is 1.55. The zero-order chi connectivity index (χ0) is 22.4. The average molecular weight is 428 g/mol. The molecule has 1 amide bonds. The summed E-state index contributed by atoms with van der Waals surface area (Å²) in [7, 11) is 0. The fraction of sp³-hybridized carbons (Fsp3) is 0.346. The van der Waals surface area contributed by atoms with Gasteiger partial charge in [-0.25, -0.2) is 4.52 Å². The van der Waals surface area contributed by atoms with Gasteiger partial charge in [-0.1, -0.05) is 19.1 Å². The normalized spacial score (nSPS) is 21.8. The number of hydrogen-bond donors (Lipinski definition) is 1. The number of rotatable bonds is 2. The van der Waals surface area contributed by atoms with E-state index in [0.29, 0.717) is 0 Å². The zero-order valence-corrected chi connectivity index (χ0v) is 19.1. The first-order valence-corrected chi connectivity index (χ1v) is 11.3. The average Bonchev–Trinajstić information content (AvgIpc) is 3.19. The summed E-state index contributed by atoms with van der Waals surface area (Å²) in [5.74, 6) is 0.151. The van der Waals surface area contributed by atoms with E-state index in [9.17, 15) is 4.79 Å². The largest absolute Gasteiger partial charge is 0.313 e. The highest BCUT2D eigenvalue weighted by molar-refractivity contribution is 5.98. The molecule has 0 aliphatic carbocycles. The van der Waals surface area contributed by atoms with Crippen LogP contribution in [0.1, 0.15) is 43.8 Å². The fourth-order valence-electron chi connectivity index (χ4n) is 4.76. The lowest BCUT2D eigenvalue weighted by Gasteiger charge is -2.30. The minimum absolute atomic E-state index is 0.0274. The second-order valence-corrected chi connectivity index (χ2v) is 8.96. The molecule has 1 N–H and O–H groups in total. The lowest BCUT2D eigenvalue weighted by Crippen LogP contribution is -2.29. The third kappa shape index (κ3) is 3.65. The summed E-state index contributed by atoms with van der Waals surface area (Å²) in [5, 5.41) is 8.15. The summed E-state index contributed by atoms with van der Waals surface area (Å²) in [6.45, 7) is 10.1. The molecule has 0 fully saturated rings. The predicted molar refractivity (Wildman–Crippen MR) is 127 cm³/mol. The van der Waals surface area contributed by atoms with Crippen molar-refractivity contribution >= 4 is 17.0 Å². The summed E-state index contributed by atoms with van der Waals surface area (Å²) in [6.07, 6.45) is 14.2. The van der Waals surface area contributed by atoms with Gasteiger partial charge in [0.05, 0.1) is 28.8 Å². The predicted octanol–water partition coefficient (Wildman–Crippen LogP) is 4.25. The van der Waals surface area contributed by atoms with Crippen molar-refractivity contribution in [1.29, 1.82) is 0 Å². The highest BCUT2D eigenvalue weighted by atomic mass is 16.2. The molecule has 5 heterocycles. The van der Waals surface area contributed by atoms with Crippen LogP contribution in [0.25, 0.3) is 11.1 Å². The first kappa shape index (κ1) is 20.6. The highest BCUT2D eigenvalue weighted by Gasteiger charge is 2.27. The maximum absolute atomic E-state index is 13.5. The van der Waals surface area contributed by atoms with E-state index in [-0.39, 0.29) is 11.8 Å². The minimum Gasteiger partial charge on any atom is -0.313 e. The molecule has 1 unspecified atom stereocenters. The van der Waals surface area contributed by atoms with Gasteiger partial charge in [0.2, 0.25) is 0 Å². The molecule has 1 atom stereocenters. The summed E-state index contributed by atoms with van der Waals surface area (Å²) < 4.78 is 1.88. The molecule has 6 nitrogen and oxygen atoms in total. The van der Waals surface area contributed by atoms with Gasteiger partial charge in [-0.15, -0.1) is 0 Å². The smallest absolute Gasteiger partial charge is 0.255 e. The van der Waals surface area contributed by atoms with Gasteiger partial charge in [0.15, 0.2) is 0 Å². The van der Waals surface area contributed by atoms with Crippen molar-refractivity contribution in [1.82, 2.24) is 24.8 Å². The molecule has 2 aromatic rings. The maximum atomic E-state index is 13.5. The van der Waals surface area contributed by atoms with Crippen LogP contribution in [0.3, 0.4) is 0 Å². The number of allylic oxidation sites excluding steroid dienone is 5. The Hall–Kier alpha value is -3.25. The Morgan fingerprint density at radius 2 is 2.00 bits per heavy atom. The molecule has 2 aromatic heterocycles. The van der Waals surface area contributed by atoms with Crippen LogP contribution in [0.15, 0.2) is 65.2 Å². The molecule has 0 spiro atoms. The third-order valence-electron chi connectivity index (χ3n) is 6.51. The van der Waals surface area contributed by atoms with Crippen molar-refractivity contribution < 1.29 is 4.79 Å². The van der Waals surface area contributed by atoms with Crippen LogP contribution in [0.4, 0.5) is 0 Å². The van der Waals surface area contributed by atoms with Gasteiger partial charge in [0.1, 0.15) is 0 Å². The second kappa shape index (κ2) is 8.02. The fourth-order valence-corrected chi connectivity index (χ4v) is 4.76. The molecule has 164 valence electrons. The van der Waals surface area contributed by atoms with Gasteiger partial charge in [-0.2, -0.15) is 5.10 Å². The monoisotopic (exact) mass is 427 g/mol. The van der Waals surface area contributed by atoms with Crippen molar-refractivity contribution in [2.24, 2.45) is 5.92 Å². The van der Waals surface area contributed by atoms with Gasteiger partial charge in [0.25, 0.3) is 5.91 Å². The van der Waals surface area contributed by atoms with Crippen LogP contribution >= 0.6 is 0 Å². The van der Waals surface area contributed by atoms with Crippen LogP contribution in [0, 0.1) is 19.8 Å². The molecule has 3 aliphatic heterocycles. The van der Waals surface area contributed by atoms with Crippen LogP contribution in [-0.2, 0) is 4.79 Å². The van der Waals surface area contributed by atoms with Gasteiger partial charge in [0, 0.05) is 24.5 Å². The lowest BCUT2D eigenvalue weighted by atomic mass is 9.89. The van der Waals surface area contributed by atoms with E-state index < -0.39 is 0 Å². The first-order chi connectivity index (χ1) is 15.4. The minimum atomic E-state index is -0.0274. The molecule has 0 saturated heterocycles. The number of hydrogen-bond acceptors (Lipinski definition) is 4. The Labute approximate surface area is 188 Å². The molecule has 0 bridgehead atoms. The van der Waals surface area contributed by atoms with Crippen LogP contribution in [0.5, 0.6) is 0 Å². The van der Waals surface area contributed by atoms with E-state index in [0.717, 1.165) is 70.9 Å². The van der Waals surface area contributed by atoms with Crippen LogP contribution in [-0.4, -0.2) is 38.5 Å². The van der Waals surface area contributed by atoms with E-state index in [1.165, 1.54) is 5.57 Å². The SMILES string of the molecule is CC1=CC(C2=CCNCC2)=CN2C(=O)C=C(c3cc4c(C)nc(C)cn4n3)C(C)CC=C12. The van der Waals surface area contributed by atoms with E-state index >= 15 is 0 Å². The summed E-state index contributed by atoms with van der Waals surface area (Å²) >= 11 is 0. The molecule has 0 aromatic carbocycles. The van der Waals surface area contributed by atoms with Gasteiger partial charge in [-0.3, -0.25) is 14.7 Å². The van der Waals surface area contributed by atoms with E-state index in [2.05, 4.69) is 42.4 Å².